The highest BCUT2D eigenvalue weighted by Gasteiger charge is 2.20. The van der Waals surface area contributed by atoms with E-state index in [0.717, 1.165) is 0 Å². The van der Waals surface area contributed by atoms with Gasteiger partial charge in [-0.15, -0.1) is 0 Å². The van der Waals surface area contributed by atoms with Crippen molar-refractivity contribution in [3.63, 3.8) is 0 Å². The van der Waals surface area contributed by atoms with Gasteiger partial charge in [0.2, 0.25) is 0 Å². The first-order valence-electron chi connectivity index (χ1n) is 3.27. The molecule has 0 fully saturated rings. The van der Waals surface area contributed by atoms with E-state index in [-0.39, 0.29) is 25.9 Å². The van der Waals surface area contributed by atoms with Crippen LogP contribution in [0, 0.1) is 0 Å². The minimum Gasteiger partial charge on any atom is -0.464 e. The molecule has 1 aromatic rings. The Morgan fingerprint density at radius 2 is 1.71 bits per heavy atom. The lowest BCUT2D eigenvalue weighted by molar-refractivity contribution is 0.0594. The van der Waals surface area contributed by atoms with E-state index < -0.39 is 5.97 Å². The normalized spacial score (nSPS) is 10.1. The monoisotopic (exact) mass is 273 g/mol. The Balaban J connectivity index is 3.40. The van der Waals surface area contributed by atoms with E-state index in [9.17, 15) is 4.79 Å². The molecular weight excluding hydrogens is 272 g/mol. The fourth-order valence-corrected chi connectivity index (χ4v) is 1.52. The lowest BCUT2D eigenvalue weighted by Gasteiger charge is -2.05. The molecule has 1 rings (SSSR count). The molecular formula is C7H3Cl4NO2. The van der Waals surface area contributed by atoms with Crippen molar-refractivity contribution in [3.05, 3.63) is 25.9 Å². The molecule has 0 aliphatic heterocycles. The molecule has 7 heteroatoms. The molecule has 0 unspecified atom stereocenters. The number of aromatic nitrogens is 1. The van der Waals surface area contributed by atoms with Crippen LogP contribution in [0.15, 0.2) is 0 Å². The topological polar surface area (TPSA) is 39.2 Å². The first kappa shape index (κ1) is 11.9. The molecule has 0 radical (unpaired) electrons. The van der Waals surface area contributed by atoms with Gasteiger partial charge in [-0.25, -0.2) is 9.78 Å². The quantitative estimate of drug-likeness (QED) is 0.581. The molecule has 14 heavy (non-hydrogen) atoms. The summed E-state index contributed by atoms with van der Waals surface area (Å²) in [4.78, 5) is 14.8. The molecule has 0 aliphatic rings. The molecule has 0 amide bonds. The van der Waals surface area contributed by atoms with Crippen LogP contribution in [-0.4, -0.2) is 18.1 Å². The number of nitrogens with zero attached hydrogens (tertiary/aromatic N) is 1. The lowest BCUT2D eigenvalue weighted by Crippen LogP contribution is -2.06. The third-order valence-corrected chi connectivity index (χ3v) is 3.04. The second-order valence-electron chi connectivity index (χ2n) is 2.18. The maximum absolute atomic E-state index is 11.1. The van der Waals surface area contributed by atoms with Crippen LogP contribution in [0.1, 0.15) is 10.5 Å². The number of pyridine rings is 1. The fourth-order valence-electron chi connectivity index (χ4n) is 0.719. The summed E-state index contributed by atoms with van der Waals surface area (Å²) in [5.74, 6) is -0.726. The maximum atomic E-state index is 11.1. The molecule has 0 N–H and O–H groups in total. The summed E-state index contributed by atoms with van der Waals surface area (Å²) in [5.41, 5.74) is -0.159. The lowest BCUT2D eigenvalue weighted by atomic mass is 10.3. The first-order valence-corrected chi connectivity index (χ1v) is 4.78. The molecule has 0 spiro atoms. The summed E-state index contributed by atoms with van der Waals surface area (Å²) in [6.45, 7) is 0. The van der Waals surface area contributed by atoms with Crippen LogP contribution < -0.4 is 0 Å². The third kappa shape index (κ3) is 2.06. The highest BCUT2D eigenvalue weighted by atomic mass is 35.5. The molecule has 0 aromatic carbocycles. The molecule has 1 heterocycles. The van der Waals surface area contributed by atoms with E-state index in [2.05, 4.69) is 9.72 Å². The number of rotatable bonds is 1. The highest BCUT2D eigenvalue weighted by Crippen LogP contribution is 2.36. The van der Waals surface area contributed by atoms with Gasteiger partial charge < -0.3 is 4.74 Å². The summed E-state index contributed by atoms with van der Waals surface area (Å²) in [7, 11) is 1.19. The molecule has 1 aromatic heterocycles. The van der Waals surface area contributed by atoms with Crippen LogP contribution in [0.4, 0.5) is 0 Å². The Morgan fingerprint density at radius 1 is 1.14 bits per heavy atom. The van der Waals surface area contributed by atoms with E-state index in [0.29, 0.717) is 0 Å². The van der Waals surface area contributed by atoms with Gasteiger partial charge in [0, 0.05) is 0 Å². The standard InChI is InChI=1S/C7H3Cl4NO2/c1-14-7(13)5-3(9)2(8)4(10)6(11)12-5/h1H3. The summed E-state index contributed by atoms with van der Waals surface area (Å²) in [6.07, 6.45) is 0. The van der Waals surface area contributed by atoms with Crippen molar-refractivity contribution in [2.24, 2.45) is 0 Å². The average Bonchev–Trinajstić information content (AvgIpc) is 2.19. The van der Waals surface area contributed by atoms with Gasteiger partial charge in [-0.2, -0.15) is 0 Å². The summed E-state index contributed by atoms with van der Waals surface area (Å²) < 4.78 is 4.42. The molecule has 0 saturated carbocycles. The van der Waals surface area contributed by atoms with Crippen molar-refractivity contribution >= 4 is 52.4 Å². The van der Waals surface area contributed by atoms with Crippen molar-refractivity contribution in [1.29, 1.82) is 0 Å². The predicted octanol–water partition coefficient (Wildman–Crippen LogP) is 3.48. The van der Waals surface area contributed by atoms with Crippen molar-refractivity contribution in [1.82, 2.24) is 4.98 Å². The van der Waals surface area contributed by atoms with Crippen LogP contribution in [0.3, 0.4) is 0 Å². The SMILES string of the molecule is COC(=O)c1nc(Cl)c(Cl)c(Cl)c1Cl. The van der Waals surface area contributed by atoms with Crippen molar-refractivity contribution < 1.29 is 9.53 Å². The average molecular weight is 275 g/mol. The fraction of sp³-hybridized carbons (Fsp3) is 0.143. The Kier molecular flexibility index (Phi) is 3.84. The van der Waals surface area contributed by atoms with Gasteiger partial charge in [0.1, 0.15) is 5.15 Å². The molecule has 0 aliphatic carbocycles. The second kappa shape index (κ2) is 4.53. The smallest absolute Gasteiger partial charge is 0.358 e. The molecule has 0 atom stereocenters. The number of methoxy groups -OCH3 is 1. The zero-order valence-corrected chi connectivity index (χ0v) is 9.80. The van der Waals surface area contributed by atoms with Crippen molar-refractivity contribution in [3.8, 4) is 0 Å². The van der Waals surface area contributed by atoms with E-state index in [4.69, 9.17) is 46.4 Å². The van der Waals surface area contributed by atoms with E-state index in [1.54, 1.807) is 0 Å². The number of carbonyl (C=O) groups excluding carboxylic acids is 1. The number of halogens is 4. The van der Waals surface area contributed by atoms with Gasteiger partial charge in [0.05, 0.1) is 22.2 Å². The van der Waals surface area contributed by atoms with Gasteiger partial charge >= 0.3 is 5.97 Å². The van der Waals surface area contributed by atoms with E-state index in [1.165, 1.54) is 7.11 Å². The van der Waals surface area contributed by atoms with Gasteiger partial charge in [-0.3, -0.25) is 0 Å². The van der Waals surface area contributed by atoms with E-state index in [1.807, 2.05) is 0 Å². The van der Waals surface area contributed by atoms with Crippen LogP contribution >= 0.6 is 46.4 Å². The first-order chi connectivity index (χ1) is 6.49. The van der Waals surface area contributed by atoms with Gasteiger partial charge in [-0.05, 0) is 0 Å². The summed E-state index contributed by atoms with van der Waals surface area (Å²) >= 11 is 22.6. The Morgan fingerprint density at radius 3 is 2.21 bits per heavy atom. The minimum absolute atomic E-state index is 0.00554. The molecule has 3 nitrogen and oxygen atoms in total. The number of ether oxygens (including phenoxy) is 1. The largest absolute Gasteiger partial charge is 0.464 e. The molecule has 76 valence electrons. The van der Waals surface area contributed by atoms with Gasteiger partial charge in [0.15, 0.2) is 5.69 Å². The Hall–Kier alpha value is -0.220. The predicted molar refractivity (Wildman–Crippen MR) is 55.6 cm³/mol. The number of esters is 1. The number of hydrogen-bond donors (Lipinski definition) is 0. The number of carbonyl (C=O) groups is 1. The zero-order chi connectivity index (χ0) is 10.9. The Bertz CT molecular complexity index is 394. The van der Waals surface area contributed by atoms with Crippen LogP contribution in [0.2, 0.25) is 20.2 Å². The highest BCUT2D eigenvalue weighted by molar-refractivity contribution is 6.52. The van der Waals surface area contributed by atoms with Crippen molar-refractivity contribution in [2.75, 3.05) is 7.11 Å². The maximum Gasteiger partial charge on any atom is 0.358 e. The Labute approximate surface area is 99.9 Å². The van der Waals surface area contributed by atoms with Crippen LogP contribution in [0.25, 0.3) is 0 Å². The van der Waals surface area contributed by atoms with Crippen LogP contribution in [0.5, 0.6) is 0 Å². The number of hydrogen-bond acceptors (Lipinski definition) is 3. The third-order valence-electron chi connectivity index (χ3n) is 1.36. The second-order valence-corrected chi connectivity index (χ2v) is 3.68. The van der Waals surface area contributed by atoms with Gasteiger partial charge in [0.25, 0.3) is 0 Å². The molecule has 0 bridgehead atoms. The van der Waals surface area contributed by atoms with Crippen LogP contribution in [-0.2, 0) is 4.74 Å². The minimum atomic E-state index is -0.726. The summed E-state index contributed by atoms with van der Waals surface area (Å²) in [6, 6.07) is 0. The zero-order valence-electron chi connectivity index (χ0n) is 6.78. The summed E-state index contributed by atoms with van der Waals surface area (Å²) in [5, 5.41) is -0.186. The van der Waals surface area contributed by atoms with E-state index >= 15 is 0 Å². The van der Waals surface area contributed by atoms with Gasteiger partial charge in [-0.1, -0.05) is 46.4 Å². The molecule has 0 saturated heterocycles. The van der Waals surface area contributed by atoms with Crippen molar-refractivity contribution in [2.45, 2.75) is 0 Å².